The molecule has 0 atom stereocenters. The third-order valence-corrected chi connectivity index (χ3v) is 3.04. The molecule has 1 aliphatic rings. The molecule has 19 heavy (non-hydrogen) atoms. The summed E-state index contributed by atoms with van der Waals surface area (Å²) < 4.78 is 36.3. The van der Waals surface area contributed by atoms with E-state index >= 15 is 0 Å². The molecular formula is C13H15F3N2O. The number of benzene rings is 1. The summed E-state index contributed by atoms with van der Waals surface area (Å²) in [6.45, 7) is 1.09. The summed E-state index contributed by atoms with van der Waals surface area (Å²) in [4.78, 5) is 13.2. The maximum atomic E-state index is 12.1. The fourth-order valence-electron chi connectivity index (χ4n) is 2.21. The summed E-state index contributed by atoms with van der Waals surface area (Å²) in [5.74, 6) is 0. The molecule has 0 spiro atoms. The standard InChI is InChI=1S/C13H15F3N2O/c1-9-4-5-11-10(7-9)3-2-6-18(11)12(19)17-8-13(14,15)16/h4-5,7H,2-3,6,8H2,1H3,(H,17,19). The second-order valence-electron chi connectivity index (χ2n) is 4.66. The van der Waals surface area contributed by atoms with Gasteiger partial charge in [0, 0.05) is 12.2 Å². The van der Waals surface area contributed by atoms with Crippen molar-refractivity contribution < 1.29 is 18.0 Å². The van der Waals surface area contributed by atoms with Gasteiger partial charge in [0.2, 0.25) is 0 Å². The molecule has 2 amide bonds. The number of anilines is 1. The molecular weight excluding hydrogens is 257 g/mol. The zero-order chi connectivity index (χ0) is 14.0. The summed E-state index contributed by atoms with van der Waals surface area (Å²) in [6.07, 6.45) is -2.78. The van der Waals surface area contributed by atoms with Crippen LogP contribution in [0.3, 0.4) is 0 Å². The van der Waals surface area contributed by atoms with Crippen LogP contribution in [-0.2, 0) is 6.42 Å². The van der Waals surface area contributed by atoms with Crippen LogP contribution in [0.25, 0.3) is 0 Å². The first-order chi connectivity index (χ1) is 8.87. The average molecular weight is 272 g/mol. The number of carbonyl (C=O) groups is 1. The van der Waals surface area contributed by atoms with Crippen LogP contribution in [0, 0.1) is 6.92 Å². The molecule has 6 heteroatoms. The lowest BCUT2D eigenvalue weighted by molar-refractivity contribution is -0.122. The van der Waals surface area contributed by atoms with Gasteiger partial charge in [0.25, 0.3) is 0 Å². The molecule has 1 aliphatic heterocycles. The highest BCUT2D eigenvalue weighted by atomic mass is 19.4. The van der Waals surface area contributed by atoms with Gasteiger partial charge in [-0.2, -0.15) is 13.2 Å². The number of fused-ring (bicyclic) bond motifs is 1. The van der Waals surface area contributed by atoms with Crippen LogP contribution in [0.5, 0.6) is 0 Å². The number of carbonyl (C=O) groups excluding carboxylic acids is 1. The molecule has 1 aromatic rings. The Bertz CT molecular complexity index is 485. The van der Waals surface area contributed by atoms with E-state index in [1.165, 1.54) is 4.90 Å². The van der Waals surface area contributed by atoms with Crippen LogP contribution >= 0.6 is 0 Å². The highest BCUT2D eigenvalue weighted by Gasteiger charge is 2.30. The lowest BCUT2D eigenvalue weighted by Crippen LogP contribution is -2.45. The lowest BCUT2D eigenvalue weighted by Gasteiger charge is -2.30. The van der Waals surface area contributed by atoms with Crippen molar-refractivity contribution in [2.75, 3.05) is 18.0 Å². The van der Waals surface area contributed by atoms with Crippen molar-refractivity contribution in [3.8, 4) is 0 Å². The molecule has 3 nitrogen and oxygen atoms in total. The smallest absolute Gasteiger partial charge is 0.329 e. The number of hydrogen-bond donors (Lipinski definition) is 1. The van der Waals surface area contributed by atoms with Crippen molar-refractivity contribution >= 4 is 11.7 Å². The molecule has 1 N–H and O–H groups in total. The Hall–Kier alpha value is -1.72. The first-order valence-electron chi connectivity index (χ1n) is 6.08. The van der Waals surface area contributed by atoms with Crippen LogP contribution in [-0.4, -0.2) is 25.3 Å². The zero-order valence-electron chi connectivity index (χ0n) is 10.5. The monoisotopic (exact) mass is 272 g/mol. The fraction of sp³-hybridized carbons (Fsp3) is 0.462. The van der Waals surface area contributed by atoms with Gasteiger partial charge in [-0.15, -0.1) is 0 Å². The Balaban J connectivity index is 2.13. The van der Waals surface area contributed by atoms with Gasteiger partial charge in [-0.3, -0.25) is 4.90 Å². The number of alkyl halides is 3. The van der Waals surface area contributed by atoms with E-state index in [4.69, 9.17) is 0 Å². The number of amides is 2. The van der Waals surface area contributed by atoms with Crippen molar-refractivity contribution in [1.29, 1.82) is 0 Å². The van der Waals surface area contributed by atoms with Gasteiger partial charge in [0.1, 0.15) is 6.54 Å². The minimum Gasteiger partial charge on any atom is -0.329 e. The van der Waals surface area contributed by atoms with Crippen LogP contribution in [0.1, 0.15) is 17.5 Å². The van der Waals surface area contributed by atoms with Gasteiger partial charge in [-0.25, -0.2) is 4.79 Å². The second kappa shape index (κ2) is 5.11. The molecule has 0 fully saturated rings. The fourth-order valence-corrected chi connectivity index (χ4v) is 2.21. The Morgan fingerprint density at radius 1 is 1.42 bits per heavy atom. The van der Waals surface area contributed by atoms with Crippen LogP contribution in [0.4, 0.5) is 23.7 Å². The van der Waals surface area contributed by atoms with E-state index in [1.54, 1.807) is 6.07 Å². The number of halogens is 3. The molecule has 0 bridgehead atoms. The van der Waals surface area contributed by atoms with Gasteiger partial charge in [0.05, 0.1) is 0 Å². The molecule has 0 radical (unpaired) electrons. The van der Waals surface area contributed by atoms with Crippen molar-refractivity contribution in [3.63, 3.8) is 0 Å². The zero-order valence-corrected chi connectivity index (χ0v) is 10.5. The van der Waals surface area contributed by atoms with Gasteiger partial charge < -0.3 is 5.32 Å². The Morgan fingerprint density at radius 3 is 2.84 bits per heavy atom. The molecule has 104 valence electrons. The number of hydrogen-bond acceptors (Lipinski definition) is 1. The van der Waals surface area contributed by atoms with Crippen molar-refractivity contribution in [1.82, 2.24) is 5.32 Å². The summed E-state index contributed by atoms with van der Waals surface area (Å²) in [7, 11) is 0. The summed E-state index contributed by atoms with van der Waals surface area (Å²) in [5, 5.41) is 1.91. The third-order valence-electron chi connectivity index (χ3n) is 3.04. The van der Waals surface area contributed by atoms with Gasteiger partial charge in [-0.1, -0.05) is 17.7 Å². The van der Waals surface area contributed by atoms with E-state index in [0.29, 0.717) is 12.2 Å². The third kappa shape index (κ3) is 3.39. The largest absolute Gasteiger partial charge is 0.405 e. The minimum absolute atomic E-state index is 0.444. The number of aryl methyl sites for hydroxylation is 2. The molecule has 0 saturated heterocycles. The van der Waals surface area contributed by atoms with Gasteiger partial charge in [0.15, 0.2) is 0 Å². The van der Waals surface area contributed by atoms with E-state index in [1.807, 2.05) is 24.4 Å². The molecule has 0 aromatic heterocycles. The van der Waals surface area contributed by atoms with E-state index in [-0.39, 0.29) is 0 Å². The summed E-state index contributed by atoms with van der Waals surface area (Å²) in [6, 6.07) is 4.92. The van der Waals surface area contributed by atoms with E-state index in [0.717, 1.165) is 24.0 Å². The first kappa shape index (κ1) is 13.7. The lowest BCUT2D eigenvalue weighted by atomic mass is 10.00. The molecule has 0 aliphatic carbocycles. The first-order valence-corrected chi connectivity index (χ1v) is 6.08. The number of urea groups is 1. The number of nitrogens with zero attached hydrogens (tertiary/aromatic N) is 1. The SMILES string of the molecule is Cc1ccc2c(c1)CCCN2C(=O)NCC(F)(F)F. The van der Waals surface area contributed by atoms with Gasteiger partial charge in [-0.05, 0) is 31.4 Å². The van der Waals surface area contributed by atoms with Crippen molar-refractivity contribution in [3.05, 3.63) is 29.3 Å². The average Bonchev–Trinajstić information content (AvgIpc) is 2.34. The second-order valence-corrected chi connectivity index (χ2v) is 4.66. The Labute approximate surface area is 109 Å². The number of nitrogens with one attached hydrogen (secondary N) is 1. The Morgan fingerprint density at radius 2 is 2.16 bits per heavy atom. The van der Waals surface area contributed by atoms with Crippen molar-refractivity contribution in [2.24, 2.45) is 0 Å². The maximum Gasteiger partial charge on any atom is 0.405 e. The predicted octanol–water partition coefficient (Wildman–Crippen LogP) is 3.02. The Kier molecular flexibility index (Phi) is 3.68. The highest BCUT2D eigenvalue weighted by molar-refractivity contribution is 5.93. The molecule has 2 rings (SSSR count). The summed E-state index contributed by atoms with van der Waals surface area (Å²) in [5.41, 5.74) is 2.79. The van der Waals surface area contributed by atoms with E-state index in [2.05, 4.69) is 0 Å². The maximum absolute atomic E-state index is 12.1. The van der Waals surface area contributed by atoms with Crippen molar-refractivity contribution in [2.45, 2.75) is 25.9 Å². The minimum atomic E-state index is -4.39. The topological polar surface area (TPSA) is 32.3 Å². The van der Waals surface area contributed by atoms with Crippen LogP contribution in [0.2, 0.25) is 0 Å². The molecule has 0 saturated carbocycles. The highest BCUT2D eigenvalue weighted by Crippen LogP contribution is 2.28. The molecule has 0 unspecified atom stereocenters. The predicted molar refractivity (Wildman–Crippen MR) is 66.3 cm³/mol. The normalized spacial score (nSPS) is 15.1. The van der Waals surface area contributed by atoms with Gasteiger partial charge >= 0.3 is 12.2 Å². The van der Waals surface area contributed by atoms with Crippen LogP contribution < -0.4 is 10.2 Å². The molecule has 1 aromatic carbocycles. The van der Waals surface area contributed by atoms with E-state index in [9.17, 15) is 18.0 Å². The molecule has 1 heterocycles. The summed E-state index contributed by atoms with van der Waals surface area (Å²) >= 11 is 0. The number of rotatable bonds is 1. The van der Waals surface area contributed by atoms with E-state index < -0.39 is 18.8 Å². The quantitative estimate of drug-likeness (QED) is 0.837. The van der Waals surface area contributed by atoms with Crippen LogP contribution in [0.15, 0.2) is 18.2 Å².